The van der Waals surface area contributed by atoms with Crippen LogP contribution in [0.25, 0.3) is 11.0 Å². The van der Waals surface area contributed by atoms with Gasteiger partial charge in [0.2, 0.25) is 0 Å². The predicted molar refractivity (Wildman–Crippen MR) is 79.5 cm³/mol. The van der Waals surface area contributed by atoms with Crippen molar-refractivity contribution in [3.63, 3.8) is 0 Å². The first-order chi connectivity index (χ1) is 9.26. The monoisotopic (exact) mass is 316 g/mol. The molecule has 2 heterocycles. The second-order valence-electron chi connectivity index (χ2n) is 4.36. The van der Waals surface area contributed by atoms with Gasteiger partial charge in [0.05, 0.1) is 7.11 Å². The van der Waals surface area contributed by atoms with Crippen LogP contribution < -0.4 is 4.74 Å². The number of aromatic nitrogens is 2. The minimum absolute atomic E-state index is 0.808. The molecular weight excluding hydrogens is 304 g/mol. The molecule has 0 aliphatic carbocycles. The van der Waals surface area contributed by atoms with Crippen LogP contribution in [0.3, 0.4) is 0 Å². The van der Waals surface area contributed by atoms with Crippen LogP contribution in [-0.4, -0.2) is 16.7 Å². The van der Waals surface area contributed by atoms with Gasteiger partial charge in [0.25, 0.3) is 0 Å². The quantitative estimate of drug-likeness (QED) is 0.733. The minimum atomic E-state index is 0.808. The highest BCUT2D eigenvalue weighted by atomic mass is 79.9. The molecule has 4 heteroatoms. The first-order valence-electron chi connectivity index (χ1n) is 5.99. The first-order valence-corrected chi connectivity index (χ1v) is 6.79. The summed E-state index contributed by atoms with van der Waals surface area (Å²) in [6.45, 7) is 0.808. The number of ether oxygens (including phenoxy) is 1. The lowest BCUT2D eigenvalue weighted by Crippen LogP contribution is -1.99. The maximum absolute atomic E-state index is 5.16. The fourth-order valence-electron chi connectivity index (χ4n) is 2.11. The number of halogens is 1. The van der Waals surface area contributed by atoms with Gasteiger partial charge in [0, 0.05) is 28.8 Å². The minimum Gasteiger partial charge on any atom is -0.497 e. The van der Waals surface area contributed by atoms with Gasteiger partial charge < -0.3 is 9.30 Å². The van der Waals surface area contributed by atoms with Crippen LogP contribution in [0.2, 0.25) is 0 Å². The number of methoxy groups -OCH3 is 1. The van der Waals surface area contributed by atoms with Gasteiger partial charge in [-0.1, -0.05) is 12.1 Å². The van der Waals surface area contributed by atoms with Crippen molar-refractivity contribution in [3.8, 4) is 5.75 Å². The van der Waals surface area contributed by atoms with E-state index in [1.165, 1.54) is 5.56 Å². The maximum atomic E-state index is 5.16. The average molecular weight is 317 g/mol. The van der Waals surface area contributed by atoms with Crippen molar-refractivity contribution in [1.82, 2.24) is 9.55 Å². The van der Waals surface area contributed by atoms with Gasteiger partial charge in [0.15, 0.2) is 0 Å². The SMILES string of the molecule is COc1ccc(Cn2ccc3cc(Br)cnc32)cc1. The van der Waals surface area contributed by atoms with Crippen LogP contribution in [0.15, 0.2) is 53.3 Å². The number of fused-ring (bicyclic) bond motifs is 1. The van der Waals surface area contributed by atoms with Crippen molar-refractivity contribution < 1.29 is 4.74 Å². The molecular formula is C15H13BrN2O. The molecule has 0 atom stereocenters. The van der Waals surface area contributed by atoms with Crippen molar-refractivity contribution in [2.75, 3.05) is 7.11 Å². The van der Waals surface area contributed by atoms with Crippen LogP contribution in [0.5, 0.6) is 5.75 Å². The van der Waals surface area contributed by atoms with Crippen LogP contribution >= 0.6 is 15.9 Å². The van der Waals surface area contributed by atoms with E-state index in [9.17, 15) is 0 Å². The summed E-state index contributed by atoms with van der Waals surface area (Å²) in [7, 11) is 1.68. The fourth-order valence-corrected chi connectivity index (χ4v) is 2.46. The van der Waals surface area contributed by atoms with E-state index in [1.54, 1.807) is 7.11 Å². The normalized spacial score (nSPS) is 10.8. The van der Waals surface area contributed by atoms with Crippen molar-refractivity contribution in [1.29, 1.82) is 0 Å². The second-order valence-corrected chi connectivity index (χ2v) is 5.27. The van der Waals surface area contributed by atoms with Crippen LogP contribution in [-0.2, 0) is 6.54 Å². The van der Waals surface area contributed by atoms with E-state index in [2.05, 4.69) is 55.9 Å². The highest BCUT2D eigenvalue weighted by Crippen LogP contribution is 2.20. The summed E-state index contributed by atoms with van der Waals surface area (Å²) < 4.78 is 8.31. The summed E-state index contributed by atoms with van der Waals surface area (Å²) in [6, 6.07) is 12.3. The zero-order valence-corrected chi connectivity index (χ0v) is 12.1. The van der Waals surface area contributed by atoms with E-state index in [1.807, 2.05) is 18.3 Å². The Hall–Kier alpha value is -1.81. The van der Waals surface area contributed by atoms with Crippen LogP contribution in [0.1, 0.15) is 5.56 Å². The molecule has 0 aliphatic rings. The summed E-state index contributed by atoms with van der Waals surface area (Å²) in [4.78, 5) is 4.46. The van der Waals surface area contributed by atoms with Crippen molar-refractivity contribution in [2.24, 2.45) is 0 Å². The van der Waals surface area contributed by atoms with Crippen molar-refractivity contribution in [2.45, 2.75) is 6.54 Å². The average Bonchev–Trinajstić information content (AvgIpc) is 2.82. The number of pyridine rings is 1. The summed E-state index contributed by atoms with van der Waals surface area (Å²) in [5, 5.41) is 1.14. The topological polar surface area (TPSA) is 27.1 Å². The zero-order chi connectivity index (χ0) is 13.2. The molecule has 1 aromatic carbocycles. The third kappa shape index (κ3) is 2.49. The van der Waals surface area contributed by atoms with E-state index in [0.29, 0.717) is 0 Å². The zero-order valence-electron chi connectivity index (χ0n) is 10.5. The summed E-state index contributed by atoms with van der Waals surface area (Å²) >= 11 is 3.44. The third-order valence-corrected chi connectivity index (χ3v) is 3.51. The molecule has 3 aromatic rings. The smallest absolute Gasteiger partial charge is 0.140 e. The van der Waals surface area contributed by atoms with Crippen LogP contribution in [0.4, 0.5) is 0 Å². The van der Waals surface area contributed by atoms with Crippen molar-refractivity contribution >= 4 is 27.0 Å². The van der Waals surface area contributed by atoms with Crippen LogP contribution in [0, 0.1) is 0 Å². The Morgan fingerprint density at radius 1 is 1.21 bits per heavy atom. The number of hydrogen-bond donors (Lipinski definition) is 0. The number of hydrogen-bond acceptors (Lipinski definition) is 2. The first kappa shape index (κ1) is 12.2. The van der Waals surface area contributed by atoms with E-state index >= 15 is 0 Å². The van der Waals surface area contributed by atoms with Gasteiger partial charge in [-0.25, -0.2) is 4.98 Å². The van der Waals surface area contributed by atoms with Gasteiger partial charge in [-0.3, -0.25) is 0 Å². The van der Waals surface area contributed by atoms with Crippen molar-refractivity contribution in [3.05, 3.63) is 58.8 Å². The molecule has 0 saturated heterocycles. The molecule has 0 unspecified atom stereocenters. The lowest BCUT2D eigenvalue weighted by atomic mass is 10.2. The summed E-state index contributed by atoms with van der Waals surface area (Å²) in [5.74, 6) is 0.878. The van der Waals surface area contributed by atoms with Gasteiger partial charge in [-0.15, -0.1) is 0 Å². The Morgan fingerprint density at radius 3 is 2.74 bits per heavy atom. The lowest BCUT2D eigenvalue weighted by Gasteiger charge is -2.06. The summed E-state index contributed by atoms with van der Waals surface area (Å²) in [6.07, 6.45) is 3.89. The Bertz CT molecular complexity index is 704. The summed E-state index contributed by atoms with van der Waals surface area (Å²) in [5.41, 5.74) is 2.22. The highest BCUT2D eigenvalue weighted by Gasteiger charge is 2.04. The number of benzene rings is 1. The molecule has 0 radical (unpaired) electrons. The standard InChI is InChI=1S/C15H13BrN2O/c1-19-14-4-2-11(3-5-14)10-18-7-6-12-8-13(16)9-17-15(12)18/h2-9H,10H2,1H3. The van der Waals surface area contributed by atoms with Gasteiger partial charge >= 0.3 is 0 Å². The Labute approximate surface area is 120 Å². The molecule has 0 saturated carbocycles. The van der Waals surface area contributed by atoms with E-state index < -0.39 is 0 Å². The molecule has 0 bridgehead atoms. The lowest BCUT2D eigenvalue weighted by molar-refractivity contribution is 0.414. The van der Waals surface area contributed by atoms with E-state index in [0.717, 1.165) is 27.8 Å². The van der Waals surface area contributed by atoms with E-state index in [-0.39, 0.29) is 0 Å². The van der Waals surface area contributed by atoms with Gasteiger partial charge in [0.1, 0.15) is 11.4 Å². The molecule has 96 valence electrons. The Morgan fingerprint density at radius 2 is 2.00 bits per heavy atom. The van der Waals surface area contributed by atoms with E-state index in [4.69, 9.17) is 4.74 Å². The molecule has 0 amide bonds. The maximum Gasteiger partial charge on any atom is 0.140 e. The Balaban J connectivity index is 1.92. The predicted octanol–water partition coefficient (Wildman–Crippen LogP) is 3.86. The third-order valence-electron chi connectivity index (χ3n) is 3.08. The molecule has 3 nitrogen and oxygen atoms in total. The number of nitrogens with zero attached hydrogens (tertiary/aromatic N) is 2. The molecule has 2 aromatic heterocycles. The molecule has 3 rings (SSSR count). The second kappa shape index (κ2) is 5.05. The van der Waals surface area contributed by atoms with Gasteiger partial charge in [-0.2, -0.15) is 0 Å². The molecule has 0 fully saturated rings. The Kier molecular flexibility index (Phi) is 3.25. The highest BCUT2D eigenvalue weighted by molar-refractivity contribution is 9.10. The molecule has 0 aliphatic heterocycles. The molecule has 0 N–H and O–H groups in total. The molecule has 19 heavy (non-hydrogen) atoms. The molecule has 0 spiro atoms. The largest absolute Gasteiger partial charge is 0.497 e. The fraction of sp³-hybridized carbons (Fsp3) is 0.133. The van der Waals surface area contributed by atoms with Gasteiger partial charge in [-0.05, 0) is 45.8 Å². The number of rotatable bonds is 3.